The van der Waals surface area contributed by atoms with Crippen molar-refractivity contribution in [2.45, 2.75) is 57.4 Å². The summed E-state index contributed by atoms with van der Waals surface area (Å²) < 4.78 is 16.0. The predicted molar refractivity (Wildman–Crippen MR) is 75.3 cm³/mol. The van der Waals surface area contributed by atoms with E-state index in [1.165, 1.54) is 0 Å². The zero-order valence-electron chi connectivity index (χ0n) is 12.7. The van der Waals surface area contributed by atoms with Gasteiger partial charge < -0.3 is 30.2 Å². The van der Waals surface area contributed by atoms with E-state index >= 15 is 0 Å². The second kappa shape index (κ2) is 7.33. The first-order chi connectivity index (χ1) is 9.71. The lowest BCUT2D eigenvalue weighted by Crippen LogP contribution is -2.45. The van der Waals surface area contributed by atoms with Crippen molar-refractivity contribution in [2.24, 2.45) is 5.73 Å². The van der Waals surface area contributed by atoms with Gasteiger partial charge in [-0.15, -0.1) is 0 Å². The molecule has 0 radical (unpaired) electrons. The Morgan fingerprint density at radius 2 is 1.86 bits per heavy atom. The van der Waals surface area contributed by atoms with Crippen LogP contribution in [0.25, 0.3) is 0 Å². The average molecular weight is 303 g/mol. The molecule has 0 aliphatic carbocycles. The summed E-state index contributed by atoms with van der Waals surface area (Å²) in [5.74, 6) is -1.51. The largest absolute Gasteiger partial charge is 0.463 e. The van der Waals surface area contributed by atoms with Crippen LogP contribution in [0.2, 0.25) is 0 Å². The van der Waals surface area contributed by atoms with E-state index in [1.54, 1.807) is 20.8 Å². The molecule has 0 bridgehead atoms. The third-order valence-electron chi connectivity index (χ3n) is 3.18. The van der Waals surface area contributed by atoms with Crippen molar-refractivity contribution < 1.29 is 29.2 Å². The summed E-state index contributed by atoms with van der Waals surface area (Å²) in [4.78, 5) is 11.5. The highest BCUT2D eigenvalue weighted by atomic mass is 16.8. The Morgan fingerprint density at radius 1 is 1.33 bits per heavy atom. The van der Waals surface area contributed by atoms with Crippen LogP contribution in [0.3, 0.4) is 0 Å². The second-order valence-electron chi connectivity index (χ2n) is 5.46. The fourth-order valence-corrected chi connectivity index (χ4v) is 2.23. The molecular formula is C14H25NO6. The molecule has 4 atom stereocenters. The minimum atomic E-state index is -1.06. The molecule has 1 aliphatic heterocycles. The number of rotatable bonds is 7. The van der Waals surface area contributed by atoms with E-state index in [2.05, 4.69) is 6.58 Å². The number of aliphatic hydroxyl groups excluding tert-OH is 2. The molecule has 0 aromatic heterocycles. The van der Waals surface area contributed by atoms with Crippen LogP contribution in [-0.4, -0.2) is 59.5 Å². The number of hydrogen-bond donors (Lipinski definition) is 3. The van der Waals surface area contributed by atoms with Crippen LogP contribution in [-0.2, 0) is 19.0 Å². The number of carbonyl (C=O) groups is 1. The Morgan fingerprint density at radius 3 is 2.33 bits per heavy atom. The molecule has 1 saturated heterocycles. The third kappa shape index (κ3) is 4.76. The fourth-order valence-electron chi connectivity index (χ4n) is 2.23. The lowest BCUT2D eigenvalue weighted by molar-refractivity contribution is -0.160. The normalized spacial score (nSPS) is 27.1. The fraction of sp³-hybridized carbons (Fsp3) is 0.786. The molecule has 0 unspecified atom stereocenters. The van der Waals surface area contributed by atoms with Crippen molar-refractivity contribution in [3.8, 4) is 0 Å². The molecule has 0 aromatic rings. The van der Waals surface area contributed by atoms with E-state index in [1.807, 2.05) is 0 Å². The minimum absolute atomic E-state index is 0.0217. The first kappa shape index (κ1) is 18.1. The summed E-state index contributed by atoms with van der Waals surface area (Å²) in [6.07, 6.45) is -3.63. The molecule has 1 aliphatic rings. The molecule has 21 heavy (non-hydrogen) atoms. The lowest BCUT2D eigenvalue weighted by Gasteiger charge is -2.25. The molecule has 0 spiro atoms. The van der Waals surface area contributed by atoms with Crippen LogP contribution in [0, 0.1) is 0 Å². The van der Waals surface area contributed by atoms with E-state index in [4.69, 9.17) is 19.9 Å². The molecule has 7 heteroatoms. The highest BCUT2D eigenvalue weighted by molar-refractivity contribution is 5.87. The number of hydrogen-bond acceptors (Lipinski definition) is 7. The summed E-state index contributed by atoms with van der Waals surface area (Å²) in [7, 11) is 0. The van der Waals surface area contributed by atoms with E-state index in [-0.39, 0.29) is 25.1 Å². The van der Waals surface area contributed by atoms with Gasteiger partial charge in [-0.1, -0.05) is 6.58 Å². The Bertz CT molecular complexity index is 384. The van der Waals surface area contributed by atoms with Gasteiger partial charge in [0.05, 0.1) is 18.8 Å². The Kier molecular flexibility index (Phi) is 6.30. The van der Waals surface area contributed by atoms with Crippen molar-refractivity contribution in [1.82, 2.24) is 0 Å². The summed E-state index contributed by atoms with van der Waals surface area (Å²) in [5, 5.41) is 20.1. The van der Waals surface area contributed by atoms with Gasteiger partial charge in [-0.3, -0.25) is 0 Å². The molecule has 7 nitrogen and oxygen atoms in total. The van der Waals surface area contributed by atoms with Crippen LogP contribution in [0.4, 0.5) is 0 Å². The van der Waals surface area contributed by atoms with Crippen LogP contribution in [0.5, 0.6) is 0 Å². The standard InChI is InChI=1S/C14H25NO6/c1-5-19-13(18)8(2)6-9(16)11-12(10(17)7-15)21-14(3,4)20-11/h9-12,16-17H,2,5-7,15H2,1,3-4H3/t9-,10+,11+,12+/m0/s1. The molecule has 0 amide bonds. The van der Waals surface area contributed by atoms with E-state index in [0.717, 1.165) is 0 Å². The summed E-state index contributed by atoms with van der Waals surface area (Å²) in [6.45, 7) is 8.85. The van der Waals surface area contributed by atoms with Gasteiger partial charge in [0.15, 0.2) is 5.79 Å². The number of esters is 1. The summed E-state index contributed by atoms with van der Waals surface area (Å²) in [5.41, 5.74) is 5.57. The number of nitrogens with two attached hydrogens (primary N) is 1. The smallest absolute Gasteiger partial charge is 0.333 e. The highest BCUT2D eigenvalue weighted by Crippen LogP contribution is 2.33. The molecule has 1 heterocycles. The molecular weight excluding hydrogens is 278 g/mol. The molecule has 0 saturated carbocycles. The zero-order chi connectivity index (χ0) is 16.2. The van der Waals surface area contributed by atoms with Crippen molar-refractivity contribution in [3.63, 3.8) is 0 Å². The number of carbonyl (C=O) groups excluding carboxylic acids is 1. The van der Waals surface area contributed by atoms with E-state index in [9.17, 15) is 15.0 Å². The van der Waals surface area contributed by atoms with Crippen molar-refractivity contribution in [3.05, 3.63) is 12.2 Å². The first-order valence-corrected chi connectivity index (χ1v) is 6.98. The molecule has 122 valence electrons. The van der Waals surface area contributed by atoms with Crippen LogP contribution in [0.1, 0.15) is 27.2 Å². The molecule has 4 N–H and O–H groups in total. The van der Waals surface area contributed by atoms with Crippen LogP contribution < -0.4 is 5.73 Å². The van der Waals surface area contributed by atoms with Crippen LogP contribution in [0.15, 0.2) is 12.2 Å². The van der Waals surface area contributed by atoms with Gasteiger partial charge in [0, 0.05) is 18.5 Å². The van der Waals surface area contributed by atoms with Gasteiger partial charge in [0.25, 0.3) is 0 Å². The van der Waals surface area contributed by atoms with Gasteiger partial charge in [-0.05, 0) is 20.8 Å². The maximum atomic E-state index is 11.5. The van der Waals surface area contributed by atoms with Gasteiger partial charge in [0.1, 0.15) is 12.2 Å². The Hall–Kier alpha value is -0.990. The SMILES string of the molecule is C=C(C[C@H](O)[C@H]1OC(C)(C)O[C@@H]1[C@H](O)CN)C(=O)OCC. The van der Waals surface area contributed by atoms with Gasteiger partial charge >= 0.3 is 5.97 Å². The van der Waals surface area contributed by atoms with Crippen molar-refractivity contribution in [2.75, 3.05) is 13.2 Å². The highest BCUT2D eigenvalue weighted by Gasteiger charge is 2.47. The van der Waals surface area contributed by atoms with Gasteiger partial charge in [-0.2, -0.15) is 0 Å². The average Bonchev–Trinajstić information content (AvgIpc) is 2.74. The topological polar surface area (TPSA) is 111 Å². The van der Waals surface area contributed by atoms with Gasteiger partial charge in [0.2, 0.25) is 0 Å². The first-order valence-electron chi connectivity index (χ1n) is 6.98. The Balaban J connectivity index is 2.72. The molecule has 1 fully saturated rings. The lowest BCUT2D eigenvalue weighted by atomic mass is 9.98. The maximum absolute atomic E-state index is 11.5. The van der Waals surface area contributed by atoms with E-state index in [0.29, 0.717) is 0 Å². The minimum Gasteiger partial charge on any atom is -0.463 e. The molecule has 0 aromatic carbocycles. The maximum Gasteiger partial charge on any atom is 0.333 e. The summed E-state index contributed by atoms with van der Waals surface area (Å²) >= 11 is 0. The predicted octanol–water partition coefficient (Wildman–Crippen LogP) is -0.304. The zero-order valence-corrected chi connectivity index (χ0v) is 12.7. The van der Waals surface area contributed by atoms with Crippen molar-refractivity contribution in [1.29, 1.82) is 0 Å². The van der Waals surface area contributed by atoms with Crippen LogP contribution >= 0.6 is 0 Å². The second-order valence-corrected chi connectivity index (χ2v) is 5.46. The quantitative estimate of drug-likeness (QED) is 0.437. The third-order valence-corrected chi connectivity index (χ3v) is 3.18. The number of ether oxygens (including phenoxy) is 3. The molecule has 1 rings (SSSR count). The van der Waals surface area contributed by atoms with Gasteiger partial charge in [-0.25, -0.2) is 4.79 Å². The van der Waals surface area contributed by atoms with Crippen molar-refractivity contribution >= 4 is 5.97 Å². The monoisotopic (exact) mass is 303 g/mol. The van der Waals surface area contributed by atoms with E-state index < -0.39 is 36.2 Å². The number of aliphatic hydroxyl groups is 2. The summed E-state index contributed by atoms with van der Waals surface area (Å²) in [6, 6.07) is 0. The Labute approximate surface area is 124 Å².